The minimum absolute atomic E-state index is 0.0418. The van der Waals surface area contributed by atoms with Crippen molar-refractivity contribution < 1.29 is 17.9 Å². The lowest BCUT2D eigenvalue weighted by atomic mass is 10.2. The fourth-order valence-electron chi connectivity index (χ4n) is 2.60. The molecule has 8 heteroatoms. The van der Waals surface area contributed by atoms with E-state index in [0.29, 0.717) is 30.9 Å². The standard InChI is InChI=1S/C19H23BrN2O4S/c1-4-22(5-2)27(24,25)18-13-16(10-11-17(18)26-6-3)21-19(23)14-8-7-9-15(20)12-14/h7-13H,4-6H2,1-3H3,(H,21,23). The molecule has 0 saturated heterocycles. The monoisotopic (exact) mass is 454 g/mol. The summed E-state index contributed by atoms with van der Waals surface area (Å²) in [6.07, 6.45) is 0. The van der Waals surface area contributed by atoms with Crippen molar-refractivity contribution in [2.45, 2.75) is 25.7 Å². The van der Waals surface area contributed by atoms with Gasteiger partial charge in [-0.25, -0.2) is 8.42 Å². The number of anilines is 1. The molecule has 0 heterocycles. The number of nitrogens with one attached hydrogen (secondary N) is 1. The van der Waals surface area contributed by atoms with Gasteiger partial charge in [0.05, 0.1) is 6.61 Å². The molecule has 2 aromatic rings. The molecule has 0 bridgehead atoms. The normalized spacial score (nSPS) is 11.4. The van der Waals surface area contributed by atoms with Gasteiger partial charge in [-0.3, -0.25) is 4.79 Å². The van der Waals surface area contributed by atoms with E-state index in [4.69, 9.17) is 4.74 Å². The van der Waals surface area contributed by atoms with Crippen molar-refractivity contribution in [3.05, 3.63) is 52.5 Å². The summed E-state index contributed by atoms with van der Waals surface area (Å²) < 4.78 is 33.6. The molecular weight excluding hydrogens is 432 g/mol. The van der Waals surface area contributed by atoms with Crippen molar-refractivity contribution in [3.8, 4) is 5.75 Å². The minimum Gasteiger partial charge on any atom is -0.492 e. The average molecular weight is 455 g/mol. The SMILES string of the molecule is CCOc1ccc(NC(=O)c2cccc(Br)c2)cc1S(=O)(=O)N(CC)CC. The van der Waals surface area contributed by atoms with Crippen molar-refractivity contribution >= 4 is 37.5 Å². The summed E-state index contributed by atoms with van der Waals surface area (Å²) in [6.45, 7) is 6.37. The molecule has 0 aliphatic rings. The van der Waals surface area contributed by atoms with Crippen molar-refractivity contribution in [1.29, 1.82) is 0 Å². The van der Waals surface area contributed by atoms with E-state index in [9.17, 15) is 13.2 Å². The molecule has 0 atom stereocenters. The van der Waals surface area contributed by atoms with E-state index in [1.165, 1.54) is 10.4 Å². The largest absolute Gasteiger partial charge is 0.492 e. The Bertz CT molecular complexity index is 912. The van der Waals surface area contributed by atoms with Gasteiger partial charge < -0.3 is 10.1 Å². The first kappa shape index (κ1) is 21.4. The van der Waals surface area contributed by atoms with E-state index in [0.717, 1.165) is 4.47 Å². The molecule has 1 amide bonds. The van der Waals surface area contributed by atoms with Crippen LogP contribution >= 0.6 is 15.9 Å². The van der Waals surface area contributed by atoms with Gasteiger partial charge in [-0.05, 0) is 43.3 Å². The zero-order valence-electron chi connectivity index (χ0n) is 15.5. The second-order valence-electron chi connectivity index (χ2n) is 5.65. The van der Waals surface area contributed by atoms with Crippen LogP contribution in [0.25, 0.3) is 0 Å². The van der Waals surface area contributed by atoms with E-state index in [-0.39, 0.29) is 16.6 Å². The topological polar surface area (TPSA) is 75.7 Å². The maximum atomic E-state index is 13.0. The highest BCUT2D eigenvalue weighted by atomic mass is 79.9. The molecule has 6 nitrogen and oxygen atoms in total. The van der Waals surface area contributed by atoms with Crippen molar-refractivity contribution in [1.82, 2.24) is 4.31 Å². The Morgan fingerprint density at radius 2 is 1.81 bits per heavy atom. The maximum Gasteiger partial charge on any atom is 0.255 e. The number of amides is 1. The summed E-state index contributed by atoms with van der Waals surface area (Å²) in [5, 5.41) is 2.74. The Hall–Kier alpha value is -1.90. The molecule has 0 aromatic heterocycles. The van der Waals surface area contributed by atoms with Gasteiger partial charge in [0.2, 0.25) is 10.0 Å². The van der Waals surface area contributed by atoms with Gasteiger partial charge in [0, 0.05) is 28.8 Å². The number of nitrogens with zero attached hydrogens (tertiary/aromatic N) is 1. The number of hydrogen-bond donors (Lipinski definition) is 1. The van der Waals surface area contributed by atoms with Crippen LogP contribution in [0.3, 0.4) is 0 Å². The molecule has 0 aliphatic heterocycles. The van der Waals surface area contributed by atoms with Crippen molar-refractivity contribution in [2.24, 2.45) is 0 Å². The van der Waals surface area contributed by atoms with Gasteiger partial charge in [-0.2, -0.15) is 4.31 Å². The van der Waals surface area contributed by atoms with Crippen LogP contribution in [-0.4, -0.2) is 38.3 Å². The van der Waals surface area contributed by atoms with Crippen LogP contribution in [-0.2, 0) is 10.0 Å². The Morgan fingerprint density at radius 1 is 1.11 bits per heavy atom. The highest BCUT2D eigenvalue weighted by molar-refractivity contribution is 9.10. The highest BCUT2D eigenvalue weighted by Gasteiger charge is 2.26. The molecule has 0 fully saturated rings. The predicted octanol–water partition coefficient (Wildman–Crippen LogP) is 4.13. The van der Waals surface area contributed by atoms with Crippen LogP contribution in [0, 0.1) is 0 Å². The smallest absolute Gasteiger partial charge is 0.255 e. The molecule has 0 saturated carbocycles. The summed E-state index contributed by atoms with van der Waals surface area (Å²) in [5.74, 6) is -0.0588. The van der Waals surface area contributed by atoms with E-state index >= 15 is 0 Å². The number of carbonyl (C=O) groups is 1. The summed E-state index contributed by atoms with van der Waals surface area (Å²) in [4.78, 5) is 12.5. The average Bonchev–Trinajstić information content (AvgIpc) is 2.63. The Morgan fingerprint density at radius 3 is 2.41 bits per heavy atom. The number of rotatable bonds is 8. The van der Waals surface area contributed by atoms with E-state index in [1.807, 2.05) is 6.07 Å². The van der Waals surface area contributed by atoms with Gasteiger partial charge in [0.15, 0.2) is 0 Å². The lowest BCUT2D eigenvalue weighted by Crippen LogP contribution is -2.31. The van der Waals surface area contributed by atoms with Crippen molar-refractivity contribution in [2.75, 3.05) is 25.0 Å². The predicted molar refractivity (Wildman–Crippen MR) is 110 cm³/mol. The molecule has 146 valence electrons. The summed E-state index contributed by atoms with van der Waals surface area (Å²) in [7, 11) is -3.73. The molecule has 0 radical (unpaired) electrons. The third kappa shape index (κ3) is 5.09. The molecule has 2 rings (SSSR count). The molecule has 27 heavy (non-hydrogen) atoms. The third-order valence-electron chi connectivity index (χ3n) is 3.91. The zero-order chi connectivity index (χ0) is 20.0. The Kier molecular flexibility index (Phi) is 7.41. The van der Waals surface area contributed by atoms with Gasteiger partial charge in [-0.15, -0.1) is 0 Å². The zero-order valence-corrected chi connectivity index (χ0v) is 17.9. The van der Waals surface area contributed by atoms with E-state index < -0.39 is 10.0 Å². The number of hydrogen-bond acceptors (Lipinski definition) is 4. The number of sulfonamides is 1. The molecular formula is C19H23BrN2O4S. The third-order valence-corrected chi connectivity index (χ3v) is 6.48. The summed E-state index contributed by atoms with van der Waals surface area (Å²) in [6, 6.07) is 11.6. The number of halogens is 1. The van der Waals surface area contributed by atoms with Crippen LogP contribution in [0.5, 0.6) is 5.75 Å². The second-order valence-corrected chi connectivity index (χ2v) is 8.47. The number of ether oxygens (including phenoxy) is 1. The molecule has 0 unspecified atom stereocenters. The van der Waals surface area contributed by atoms with Crippen LogP contribution in [0.15, 0.2) is 51.8 Å². The lowest BCUT2D eigenvalue weighted by Gasteiger charge is -2.21. The van der Waals surface area contributed by atoms with Gasteiger partial charge in [0.1, 0.15) is 10.6 Å². The van der Waals surface area contributed by atoms with Crippen LogP contribution in [0.4, 0.5) is 5.69 Å². The Labute approximate surface area is 168 Å². The first-order valence-corrected chi connectivity index (χ1v) is 10.9. The minimum atomic E-state index is -3.73. The van der Waals surface area contributed by atoms with Crippen LogP contribution in [0.2, 0.25) is 0 Å². The number of benzene rings is 2. The quantitative estimate of drug-likeness (QED) is 0.650. The summed E-state index contributed by atoms with van der Waals surface area (Å²) >= 11 is 3.33. The highest BCUT2D eigenvalue weighted by Crippen LogP contribution is 2.30. The lowest BCUT2D eigenvalue weighted by molar-refractivity contribution is 0.102. The molecule has 0 spiro atoms. The maximum absolute atomic E-state index is 13.0. The summed E-state index contributed by atoms with van der Waals surface area (Å²) in [5.41, 5.74) is 0.848. The van der Waals surface area contributed by atoms with Gasteiger partial charge in [0.25, 0.3) is 5.91 Å². The van der Waals surface area contributed by atoms with Crippen LogP contribution < -0.4 is 10.1 Å². The van der Waals surface area contributed by atoms with Crippen molar-refractivity contribution in [3.63, 3.8) is 0 Å². The fourth-order valence-corrected chi connectivity index (χ4v) is 4.61. The van der Waals surface area contributed by atoms with Gasteiger partial charge >= 0.3 is 0 Å². The molecule has 1 N–H and O–H groups in total. The first-order valence-electron chi connectivity index (χ1n) is 8.67. The van der Waals surface area contributed by atoms with Crippen LogP contribution in [0.1, 0.15) is 31.1 Å². The first-order chi connectivity index (χ1) is 12.8. The second kappa shape index (κ2) is 9.34. The van der Waals surface area contributed by atoms with Gasteiger partial charge in [-0.1, -0.05) is 35.8 Å². The Balaban J connectivity index is 2.41. The fraction of sp³-hybridized carbons (Fsp3) is 0.316. The van der Waals surface area contributed by atoms with E-state index in [1.54, 1.807) is 51.1 Å². The molecule has 0 aliphatic carbocycles. The molecule has 2 aromatic carbocycles. The van der Waals surface area contributed by atoms with E-state index in [2.05, 4.69) is 21.2 Å². The number of carbonyl (C=O) groups excluding carboxylic acids is 1.